The van der Waals surface area contributed by atoms with Crippen LogP contribution in [0.3, 0.4) is 0 Å². The minimum absolute atomic E-state index is 0.0491. The lowest BCUT2D eigenvalue weighted by Gasteiger charge is -2.61. The standard InChI is InChI=1S/C64H105FN2O18/c1-18-47-62(13,76)52(71)39(7)67(16)33-34(2)30-60(11,75)54(37(5)50(38(6)55(73)82-47)84-49-32-61(12,78-17)53(72)40(8)81-49)85-56-51(45(66(14)15)28-36(4)80-56)83-48(70)21-19-20-26-79-57(74)64(77)35(3)27-44-43-23-22-41-29-42(68)24-25-58(41,9)63(43,65)46(69)31-59(44,64)10/h22,24-25,34-40,43-47,49-54,56,69,71-72,75-77H,18-21,23,26-33H2,1-17H3/t34-,35-,36-,37+,38-,39-,40?,43?,44?,45-,46+,47-,49-,50+,51?,52-,53-,54-,56+,58+,59+,60-,61+,62-,63+,64+/m1/s1. The number of hydrogen-bond donors (Lipinski definition) is 6. The summed E-state index contributed by atoms with van der Waals surface area (Å²) in [6.45, 7) is 22.7. The summed E-state index contributed by atoms with van der Waals surface area (Å²) in [5.74, 6) is -6.52. The molecule has 0 radical (unpaired) electrons. The number of fused-ring (bicyclic) bond motifs is 5. The summed E-state index contributed by atoms with van der Waals surface area (Å²) in [7, 11) is 6.99. The third-order valence-corrected chi connectivity index (χ3v) is 22.0. The molecule has 6 N–H and O–H groups in total. The van der Waals surface area contributed by atoms with Crippen LogP contribution >= 0.6 is 0 Å². The molecule has 0 aromatic heterocycles. The lowest BCUT2D eigenvalue weighted by Crippen LogP contribution is -2.69. The van der Waals surface area contributed by atoms with E-state index in [1.807, 2.05) is 50.9 Å². The molecule has 486 valence electrons. The first-order valence-electron chi connectivity index (χ1n) is 31.3. The topological polar surface area (TPSA) is 270 Å². The van der Waals surface area contributed by atoms with Crippen LogP contribution in [-0.2, 0) is 57.1 Å². The van der Waals surface area contributed by atoms with Crippen molar-refractivity contribution in [2.45, 2.75) is 268 Å². The van der Waals surface area contributed by atoms with Gasteiger partial charge in [-0.3, -0.25) is 14.4 Å². The maximum Gasteiger partial charge on any atom is 0.338 e. The van der Waals surface area contributed by atoms with Crippen LogP contribution in [0.4, 0.5) is 4.39 Å². The molecule has 0 amide bonds. The number of aliphatic hydroxyl groups is 6. The summed E-state index contributed by atoms with van der Waals surface area (Å²) in [5, 5.41) is 72.3. The van der Waals surface area contributed by atoms with E-state index in [9.17, 15) is 49.8 Å². The third kappa shape index (κ3) is 12.9. The second kappa shape index (κ2) is 26.1. The molecule has 7 rings (SSSR count). The molecular formula is C64H105FN2O18. The highest BCUT2D eigenvalue weighted by atomic mass is 19.1. The fourth-order valence-electron chi connectivity index (χ4n) is 16.6. The van der Waals surface area contributed by atoms with Gasteiger partial charge in [0.2, 0.25) is 0 Å². The van der Waals surface area contributed by atoms with Gasteiger partial charge in [-0.15, -0.1) is 0 Å². The van der Waals surface area contributed by atoms with Crippen molar-refractivity contribution < 1.29 is 92.1 Å². The number of hydrogen-bond acceptors (Lipinski definition) is 20. The number of halogens is 1. The maximum atomic E-state index is 17.8. The predicted octanol–water partition coefficient (Wildman–Crippen LogP) is 5.51. The van der Waals surface area contributed by atoms with E-state index in [1.165, 1.54) is 20.1 Å². The van der Waals surface area contributed by atoms with E-state index in [2.05, 4.69) is 0 Å². The van der Waals surface area contributed by atoms with Gasteiger partial charge in [-0.1, -0.05) is 52.3 Å². The molecule has 2 saturated carbocycles. The van der Waals surface area contributed by atoms with Crippen LogP contribution < -0.4 is 0 Å². The largest absolute Gasteiger partial charge is 0.464 e. The van der Waals surface area contributed by atoms with Gasteiger partial charge in [-0.25, -0.2) is 9.18 Å². The predicted molar refractivity (Wildman–Crippen MR) is 311 cm³/mol. The van der Waals surface area contributed by atoms with Gasteiger partial charge in [0.1, 0.15) is 23.9 Å². The lowest BCUT2D eigenvalue weighted by molar-refractivity contribution is -0.319. The molecule has 21 heteroatoms. The van der Waals surface area contributed by atoms with Crippen LogP contribution in [-0.4, -0.2) is 213 Å². The summed E-state index contributed by atoms with van der Waals surface area (Å²) >= 11 is 0. The van der Waals surface area contributed by atoms with Crippen LogP contribution in [0.2, 0.25) is 0 Å². The van der Waals surface area contributed by atoms with E-state index < -0.39 is 166 Å². The van der Waals surface area contributed by atoms with E-state index in [1.54, 1.807) is 75.3 Å². The number of allylic oxidation sites excluding steroid dienone is 4. The van der Waals surface area contributed by atoms with Crippen LogP contribution in [0.15, 0.2) is 23.8 Å². The van der Waals surface area contributed by atoms with Gasteiger partial charge < -0.3 is 78.3 Å². The number of ether oxygens (including phenoxy) is 8. The molecule has 3 aliphatic heterocycles. The maximum absolute atomic E-state index is 17.8. The normalized spacial score (nSPS) is 48.4. The average Bonchev–Trinajstić information content (AvgIpc) is 1.71. The van der Waals surface area contributed by atoms with E-state index in [0.717, 1.165) is 0 Å². The summed E-state index contributed by atoms with van der Waals surface area (Å²) in [4.78, 5) is 59.2. The second-order valence-corrected chi connectivity index (χ2v) is 28.4. The number of alkyl halides is 1. The molecule has 0 aromatic carbocycles. The Bertz CT molecular complexity index is 2440. The quantitative estimate of drug-likeness (QED) is 0.0541. The Labute approximate surface area is 503 Å². The van der Waals surface area contributed by atoms with Crippen molar-refractivity contribution in [1.82, 2.24) is 9.80 Å². The zero-order chi connectivity index (χ0) is 63.5. The van der Waals surface area contributed by atoms with Gasteiger partial charge in [0.05, 0.1) is 60.3 Å². The monoisotopic (exact) mass is 1210 g/mol. The number of methoxy groups -OCH3 is 1. The van der Waals surface area contributed by atoms with Crippen molar-refractivity contribution in [3.8, 4) is 0 Å². The Kier molecular flexibility index (Phi) is 21.3. The lowest BCUT2D eigenvalue weighted by atomic mass is 9.45. The number of aliphatic hydroxyl groups excluding tert-OH is 3. The molecule has 0 bridgehead atoms. The number of likely N-dealkylation sites (N-methyl/N-ethyl adjacent to an activating group) is 2. The first kappa shape index (κ1) is 69.4. The number of esters is 3. The molecule has 7 aliphatic rings. The van der Waals surface area contributed by atoms with E-state index in [0.29, 0.717) is 25.0 Å². The zero-order valence-electron chi connectivity index (χ0n) is 53.7. The first-order chi connectivity index (χ1) is 39.4. The highest BCUT2D eigenvalue weighted by molar-refractivity contribution is 5.93. The van der Waals surface area contributed by atoms with E-state index in [4.69, 9.17) is 37.9 Å². The SMILES string of the molecule is CC[C@H]1OC(=O)[C@H](C)[C@@H](O[C@@H]2C[C@](C)(OC)[C@H](O)C(C)O2)[C@H](C)[C@@H](O[C@@H]2O[C@H](C)C[C@@H](N(C)C)C2OC(=O)CCCCOC(=O)[C@@]2(O)[C@H](C)CC3C4CC=C5CC(=O)C=C[C@]5(C)[C@@]4(F)[C@@H](O)C[C@@]32C)[C@](C)(O)C[C@@H](C)CN(C)[C@H](C)[C@@H](O)[C@]1(C)O. The van der Waals surface area contributed by atoms with E-state index >= 15 is 4.39 Å². The molecule has 0 spiro atoms. The summed E-state index contributed by atoms with van der Waals surface area (Å²) in [6, 6.07) is -1.08. The highest BCUT2D eigenvalue weighted by Gasteiger charge is 2.76. The molecule has 4 aliphatic carbocycles. The van der Waals surface area contributed by atoms with Crippen molar-refractivity contribution >= 4 is 23.7 Å². The van der Waals surface area contributed by atoms with Gasteiger partial charge >= 0.3 is 17.9 Å². The number of ketones is 1. The van der Waals surface area contributed by atoms with Gasteiger partial charge in [-0.05, 0) is 152 Å². The molecular weight excluding hydrogens is 1100 g/mol. The number of carbonyl (C=O) groups is 4. The molecule has 20 nitrogen and oxygen atoms in total. The molecule has 26 atom stereocenters. The second-order valence-electron chi connectivity index (χ2n) is 28.4. The Balaban J connectivity index is 1.10. The number of nitrogens with zero attached hydrogens (tertiary/aromatic N) is 2. The number of unbranched alkanes of at least 4 members (excludes halogenated alkanes) is 1. The van der Waals surface area contributed by atoms with Crippen LogP contribution in [0, 0.1) is 46.3 Å². The van der Waals surface area contributed by atoms with Crippen molar-refractivity contribution in [3.63, 3.8) is 0 Å². The Morgan fingerprint density at radius 3 is 2.18 bits per heavy atom. The fraction of sp³-hybridized carbons (Fsp3) is 0.875. The Hall–Kier alpha value is -3.03. The van der Waals surface area contributed by atoms with Crippen LogP contribution in [0.5, 0.6) is 0 Å². The zero-order valence-corrected chi connectivity index (χ0v) is 53.7. The third-order valence-electron chi connectivity index (χ3n) is 22.0. The summed E-state index contributed by atoms with van der Waals surface area (Å²) in [5.41, 5.74) is -10.7. The van der Waals surface area contributed by atoms with Crippen LogP contribution in [0.1, 0.15) is 161 Å². The smallest absolute Gasteiger partial charge is 0.338 e. The molecule has 85 heavy (non-hydrogen) atoms. The number of cyclic esters (lactones) is 1. The fourth-order valence-corrected chi connectivity index (χ4v) is 16.6. The number of carbonyl (C=O) groups excluding carboxylic acids is 4. The summed E-state index contributed by atoms with van der Waals surface area (Å²) < 4.78 is 68.8. The number of rotatable bonds is 14. The molecule has 0 aromatic rings. The van der Waals surface area contributed by atoms with Gasteiger partial charge in [0.25, 0.3) is 0 Å². The van der Waals surface area contributed by atoms with Gasteiger partial charge in [-0.2, -0.15) is 0 Å². The molecule has 4 unspecified atom stereocenters. The molecule has 3 heterocycles. The minimum atomic E-state index is -2.13. The Morgan fingerprint density at radius 1 is 0.871 bits per heavy atom. The molecule has 3 saturated heterocycles. The first-order valence-corrected chi connectivity index (χ1v) is 31.3. The van der Waals surface area contributed by atoms with Crippen molar-refractivity contribution in [2.75, 3.05) is 41.4 Å². The van der Waals surface area contributed by atoms with Crippen molar-refractivity contribution in [3.05, 3.63) is 23.8 Å². The van der Waals surface area contributed by atoms with Crippen LogP contribution in [0.25, 0.3) is 0 Å². The Morgan fingerprint density at radius 2 is 1.54 bits per heavy atom. The van der Waals surface area contributed by atoms with Crippen molar-refractivity contribution in [1.29, 1.82) is 0 Å². The van der Waals surface area contributed by atoms with Gasteiger partial charge in [0.15, 0.2) is 35.7 Å². The average molecular weight is 1210 g/mol. The molecule has 5 fully saturated rings. The van der Waals surface area contributed by atoms with Crippen molar-refractivity contribution in [2.24, 2.45) is 46.3 Å². The van der Waals surface area contributed by atoms with E-state index in [-0.39, 0.29) is 76.1 Å². The highest BCUT2D eigenvalue weighted by Crippen LogP contribution is 2.70. The van der Waals surface area contributed by atoms with Gasteiger partial charge in [0, 0.05) is 61.6 Å². The summed E-state index contributed by atoms with van der Waals surface area (Å²) in [6.07, 6.45) is -5.65. The minimum Gasteiger partial charge on any atom is -0.464 e.